The maximum atomic E-state index is 6.45. The Kier molecular flexibility index (Phi) is 6.10. The topological polar surface area (TPSA) is 18.5 Å². The van der Waals surface area contributed by atoms with Gasteiger partial charge in [0.05, 0.1) is 25.4 Å². The maximum Gasteiger partial charge on any atom is 0.0881 e. The van der Waals surface area contributed by atoms with Crippen LogP contribution in [-0.2, 0) is 16.1 Å². The molecule has 134 valence electrons. The molecule has 1 fully saturated rings. The summed E-state index contributed by atoms with van der Waals surface area (Å²) < 4.78 is 12.5. The molecule has 0 bridgehead atoms. The van der Waals surface area contributed by atoms with E-state index >= 15 is 0 Å². The van der Waals surface area contributed by atoms with Crippen molar-refractivity contribution in [3.8, 4) is 0 Å². The Hall–Kier alpha value is -1.42. The molecule has 1 aliphatic heterocycles. The Labute approximate surface area is 153 Å². The fourth-order valence-corrected chi connectivity index (χ4v) is 5.35. The zero-order valence-electron chi connectivity index (χ0n) is 15.7. The van der Waals surface area contributed by atoms with E-state index in [1.807, 2.05) is 6.07 Å². The minimum atomic E-state index is -1.13. The van der Waals surface area contributed by atoms with E-state index in [4.69, 9.17) is 9.47 Å². The summed E-state index contributed by atoms with van der Waals surface area (Å²) in [7, 11) is -1.13. The minimum absolute atomic E-state index is 0.160. The van der Waals surface area contributed by atoms with Gasteiger partial charge < -0.3 is 9.47 Å². The van der Waals surface area contributed by atoms with Crippen LogP contribution in [0.2, 0.25) is 25.7 Å². The van der Waals surface area contributed by atoms with E-state index in [0.717, 1.165) is 6.42 Å². The van der Waals surface area contributed by atoms with Gasteiger partial charge in [0, 0.05) is 14.0 Å². The first-order valence-electron chi connectivity index (χ1n) is 9.33. The second-order valence-electron chi connectivity index (χ2n) is 8.31. The van der Waals surface area contributed by atoms with Crippen molar-refractivity contribution < 1.29 is 9.47 Å². The lowest BCUT2D eigenvalue weighted by molar-refractivity contribution is -0.0189. The van der Waals surface area contributed by atoms with Crippen LogP contribution in [0.1, 0.15) is 23.5 Å². The molecule has 2 aromatic rings. The molecule has 2 aromatic carbocycles. The number of hydrogen-bond donors (Lipinski definition) is 0. The smallest absolute Gasteiger partial charge is 0.0881 e. The number of rotatable bonds is 7. The van der Waals surface area contributed by atoms with Crippen LogP contribution in [-0.4, -0.2) is 26.9 Å². The molecule has 1 aliphatic rings. The van der Waals surface area contributed by atoms with E-state index < -0.39 is 8.07 Å². The lowest BCUT2D eigenvalue weighted by atomic mass is 9.91. The highest BCUT2D eigenvalue weighted by atomic mass is 28.3. The zero-order chi connectivity index (χ0) is 17.7. The summed E-state index contributed by atoms with van der Waals surface area (Å²) in [5.74, 6) is 0.443. The minimum Gasteiger partial charge on any atom is -0.374 e. The van der Waals surface area contributed by atoms with Crippen LogP contribution in [0.25, 0.3) is 0 Å². The predicted molar refractivity (Wildman–Crippen MR) is 107 cm³/mol. The highest BCUT2D eigenvalue weighted by Gasteiger charge is 2.38. The lowest BCUT2D eigenvalue weighted by Gasteiger charge is -2.21. The Morgan fingerprint density at radius 1 is 0.960 bits per heavy atom. The molecular formula is C22H30O2Si. The van der Waals surface area contributed by atoms with Crippen molar-refractivity contribution in [2.75, 3.05) is 6.61 Å². The van der Waals surface area contributed by atoms with Crippen LogP contribution >= 0.6 is 0 Å². The molecule has 0 amide bonds. The van der Waals surface area contributed by atoms with Gasteiger partial charge in [0.25, 0.3) is 0 Å². The van der Waals surface area contributed by atoms with Crippen molar-refractivity contribution in [3.63, 3.8) is 0 Å². The molecular weight excluding hydrogens is 324 g/mol. The van der Waals surface area contributed by atoms with Crippen molar-refractivity contribution in [1.82, 2.24) is 0 Å². The summed E-state index contributed by atoms with van der Waals surface area (Å²) >= 11 is 0. The average Bonchev–Trinajstić information content (AvgIpc) is 2.97. The molecule has 0 spiro atoms. The van der Waals surface area contributed by atoms with Crippen LogP contribution in [0, 0.1) is 0 Å². The van der Waals surface area contributed by atoms with E-state index in [1.54, 1.807) is 0 Å². The molecule has 0 N–H and O–H groups in total. The fraction of sp³-hybridized carbons (Fsp3) is 0.455. The molecule has 0 aromatic heterocycles. The molecule has 2 nitrogen and oxygen atoms in total. The van der Waals surface area contributed by atoms with E-state index in [0.29, 0.717) is 25.2 Å². The van der Waals surface area contributed by atoms with Gasteiger partial charge in [-0.15, -0.1) is 0 Å². The SMILES string of the molecule is C[Si](C)(C)C[C@@H]1C[C@@H](c2ccccc2)[C@H](COCc2ccccc2)O1. The van der Waals surface area contributed by atoms with Crippen LogP contribution in [0.5, 0.6) is 0 Å². The van der Waals surface area contributed by atoms with E-state index in [1.165, 1.54) is 17.2 Å². The molecule has 0 saturated carbocycles. The summed E-state index contributed by atoms with van der Waals surface area (Å²) in [6, 6.07) is 22.4. The Bertz CT molecular complexity index is 636. The lowest BCUT2D eigenvalue weighted by Crippen LogP contribution is -2.27. The van der Waals surface area contributed by atoms with Gasteiger partial charge in [0.2, 0.25) is 0 Å². The maximum absolute atomic E-state index is 6.45. The van der Waals surface area contributed by atoms with Gasteiger partial charge in [-0.05, 0) is 23.6 Å². The van der Waals surface area contributed by atoms with Gasteiger partial charge in [-0.25, -0.2) is 0 Å². The third-order valence-corrected chi connectivity index (χ3v) is 6.47. The van der Waals surface area contributed by atoms with Gasteiger partial charge in [-0.1, -0.05) is 80.3 Å². The van der Waals surface area contributed by atoms with Crippen LogP contribution in [0.4, 0.5) is 0 Å². The first kappa shape index (κ1) is 18.4. The second kappa shape index (κ2) is 8.30. The monoisotopic (exact) mass is 354 g/mol. The van der Waals surface area contributed by atoms with E-state index in [9.17, 15) is 0 Å². The molecule has 1 saturated heterocycles. The molecule has 0 unspecified atom stereocenters. The van der Waals surface area contributed by atoms with Gasteiger partial charge in [-0.2, -0.15) is 0 Å². The molecule has 1 heterocycles. The van der Waals surface area contributed by atoms with Crippen LogP contribution in [0.3, 0.4) is 0 Å². The first-order valence-corrected chi connectivity index (χ1v) is 13.0. The molecule has 0 aliphatic carbocycles. The van der Waals surface area contributed by atoms with Gasteiger partial charge in [0.15, 0.2) is 0 Å². The summed E-state index contributed by atoms with van der Waals surface area (Å²) in [6.45, 7) is 8.59. The van der Waals surface area contributed by atoms with Gasteiger partial charge in [0.1, 0.15) is 0 Å². The van der Waals surface area contributed by atoms with Gasteiger partial charge in [-0.3, -0.25) is 0 Å². The molecule has 3 atom stereocenters. The van der Waals surface area contributed by atoms with Gasteiger partial charge >= 0.3 is 0 Å². The molecule has 3 rings (SSSR count). The fourth-order valence-electron chi connectivity index (χ4n) is 3.72. The van der Waals surface area contributed by atoms with Crippen LogP contribution < -0.4 is 0 Å². The number of benzene rings is 2. The predicted octanol–water partition coefficient (Wildman–Crippen LogP) is 5.48. The van der Waals surface area contributed by atoms with Crippen molar-refractivity contribution in [1.29, 1.82) is 0 Å². The Morgan fingerprint density at radius 2 is 1.60 bits per heavy atom. The van der Waals surface area contributed by atoms with Crippen molar-refractivity contribution >= 4 is 8.07 Å². The molecule has 3 heteroatoms. The summed E-state index contributed by atoms with van der Waals surface area (Å²) in [4.78, 5) is 0. The van der Waals surface area contributed by atoms with Crippen LogP contribution in [0.15, 0.2) is 60.7 Å². The average molecular weight is 355 g/mol. The molecule has 0 radical (unpaired) electrons. The van der Waals surface area contributed by atoms with E-state index in [-0.39, 0.29) is 6.10 Å². The Balaban J connectivity index is 1.63. The highest BCUT2D eigenvalue weighted by Crippen LogP contribution is 2.38. The Morgan fingerprint density at radius 3 is 2.24 bits per heavy atom. The molecule has 25 heavy (non-hydrogen) atoms. The number of ether oxygens (including phenoxy) is 2. The van der Waals surface area contributed by atoms with Crippen molar-refractivity contribution in [2.45, 2.75) is 56.8 Å². The zero-order valence-corrected chi connectivity index (χ0v) is 16.7. The standard InChI is InChI=1S/C22H30O2Si/c1-25(2,3)17-20-14-21(19-12-8-5-9-13-19)22(24-20)16-23-15-18-10-6-4-7-11-18/h4-13,20-22H,14-17H2,1-3H3/t20-,21-,22-/m0/s1. The summed E-state index contributed by atoms with van der Waals surface area (Å²) in [5.41, 5.74) is 2.60. The second-order valence-corrected chi connectivity index (χ2v) is 13.8. The third kappa shape index (κ3) is 5.53. The quantitative estimate of drug-likeness (QED) is 0.613. The van der Waals surface area contributed by atoms with Crippen molar-refractivity contribution in [2.24, 2.45) is 0 Å². The number of hydrogen-bond acceptors (Lipinski definition) is 2. The normalized spacial score (nSPS) is 23.7. The largest absolute Gasteiger partial charge is 0.374 e. The van der Waals surface area contributed by atoms with Crippen molar-refractivity contribution in [3.05, 3.63) is 71.8 Å². The summed E-state index contributed by atoms with van der Waals surface area (Å²) in [6.07, 6.45) is 1.66. The summed E-state index contributed by atoms with van der Waals surface area (Å²) in [5, 5.41) is 0. The highest BCUT2D eigenvalue weighted by molar-refractivity contribution is 6.76. The first-order chi connectivity index (χ1) is 12.0. The third-order valence-electron chi connectivity index (χ3n) is 4.79. The van der Waals surface area contributed by atoms with E-state index in [2.05, 4.69) is 74.2 Å².